The molecular weight excluding hydrogens is 296 g/mol. The van der Waals surface area contributed by atoms with Crippen LogP contribution in [0.15, 0.2) is 48.5 Å². The van der Waals surface area contributed by atoms with Gasteiger partial charge in [0.15, 0.2) is 0 Å². The van der Waals surface area contributed by atoms with E-state index in [-0.39, 0.29) is 24.2 Å². The first-order valence-corrected chi connectivity index (χ1v) is 7.37. The predicted octanol–water partition coefficient (Wildman–Crippen LogP) is 2.92. The maximum absolute atomic E-state index is 11.8. The highest BCUT2D eigenvalue weighted by Gasteiger charge is 2.24. The van der Waals surface area contributed by atoms with Gasteiger partial charge >= 0.3 is 0 Å². The molecule has 1 saturated heterocycles. The third-order valence-electron chi connectivity index (χ3n) is 3.92. The predicted molar refractivity (Wildman–Crippen MR) is 92.1 cm³/mol. The molecule has 1 fully saturated rings. The SMILES string of the molecule is Cc1cccc(-c2ccc(CNC(=O)C3CNC3)cc2)c1.Cl. The van der Waals surface area contributed by atoms with Gasteiger partial charge in [0.2, 0.25) is 5.91 Å². The highest BCUT2D eigenvalue weighted by molar-refractivity contribution is 5.85. The minimum Gasteiger partial charge on any atom is -0.352 e. The molecule has 1 aliphatic rings. The van der Waals surface area contributed by atoms with E-state index in [1.54, 1.807) is 0 Å². The summed E-state index contributed by atoms with van der Waals surface area (Å²) in [6.07, 6.45) is 0. The molecule has 2 aromatic carbocycles. The van der Waals surface area contributed by atoms with Crippen molar-refractivity contribution in [2.75, 3.05) is 13.1 Å². The Labute approximate surface area is 137 Å². The van der Waals surface area contributed by atoms with Crippen molar-refractivity contribution in [1.82, 2.24) is 10.6 Å². The minimum absolute atomic E-state index is 0. The van der Waals surface area contributed by atoms with E-state index in [1.807, 2.05) is 0 Å². The molecule has 0 saturated carbocycles. The van der Waals surface area contributed by atoms with Crippen molar-refractivity contribution in [2.24, 2.45) is 5.92 Å². The molecule has 1 heterocycles. The van der Waals surface area contributed by atoms with Gasteiger partial charge in [-0.25, -0.2) is 0 Å². The number of aryl methyl sites for hydroxylation is 1. The lowest BCUT2D eigenvalue weighted by atomic mass is 10.0. The van der Waals surface area contributed by atoms with Crippen LogP contribution >= 0.6 is 12.4 Å². The normalized spacial score (nSPS) is 13.9. The first-order chi connectivity index (χ1) is 10.2. The number of carbonyl (C=O) groups excluding carboxylic acids is 1. The molecule has 0 aliphatic carbocycles. The van der Waals surface area contributed by atoms with Gasteiger partial charge in [-0.2, -0.15) is 0 Å². The topological polar surface area (TPSA) is 41.1 Å². The maximum atomic E-state index is 11.8. The second-order valence-corrected chi connectivity index (χ2v) is 5.64. The van der Waals surface area contributed by atoms with Gasteiger partial charge in [-0.1, -0.05) is 54.1 Å². The van der Waals surface area contributed by atoms with Crippen LogP contribution in [0.2, 0.25) is 0 Å². The molecule has 0 spiro atoms. The van der Waals surface area contributed by atoms with Gasteiger partial charge in [0.25, 0.3) is 0 Å². The largest absolute Gasteiger partial charge is 0.352 e. The highest BCUT2D eigenvalue weighted by atomic mass is 35.5. The molecule has 1 aliphatic heterocycles. The molecule has 0 unspecified atom stereocenters. The van der Waals surface area contributed by atoms with E-state index in [2.05, 4.69) is 66.1 Å². The summed E-state index contributed by atoms with van der Waals surface area (Å²) in [6, 6.07) is 16.9. The molecule has 0 aromatic heterocycles. The standard InChI is InChI=1S/C18H20N2O.ClH/c1-13-3-2-4-16(9-13)15-7-5-14(6-8-15)10-20-18(21)17-11-19-12-17;/h2-9,17,19H,10-12H2,1H3,(H,20,21);1H. The van der Waals surface area contributed by atoms with Gasteiger partial charge < -0.3 is 10.6 Å². The monoisotopic (exact) mass is 316 g/mol. The number of hydrogen-bond donors (Lipinski definition) is 2. The summed E-state index contributed by atoms with van der Waals surface area (Å²) < 4.78 is 0. The van der Waals surface area contributed by atoms with Crippen molar-refractivity contribution in [2.45, 2.75) is 13.5 Å². The number of carbonyl (C=O) groups is 1. The van der Waals surface area contributed by atoms with Crippen molar-refractivity contribution < 1.29 is 4.79 Å². The Morgan fingerprint density at radius 2 is 1.86 bits per heavy atom. The summed E-state index contributed by atoms with van der Waals surface area (Å²) in [5, 5.41) is 6.10. The summed E-state index contributed by atoms with van der Waals surface area (Å²) in [5.74, 6) is 0.299. The Morgan fingerprint density at radius 3 is 2.45 bits per heavy atom. The summed E-state index contributed by atoms with van der Waals surface area (Å²) in [4.78, 5) is 11.8. The zero-order valence-electron chi connectivity index (χ0n) is 12.6. The van der Waals surface area contributed by atoms with Crippen molar-refractivity contribution in [3.63, 3.8) is 0 Å². The molecule has 22 heavy (non-hydrogen) atoms. The molecule has 3 rings (SSSR count). The number of rotatable bonds is 4. The lowest BCUT2D eigenvalue weighted by molar-refractivity contribution is -0.126. The van der Waals surface area contributed by atoms with Crippen molar-refractivity contribution >= 4 is 18.3 Å². The third-order valence-corrected chi connectivity index (χ3v) is 3.92. The van der Waals surface area contributed by atoms with Crippen LogP contribution in [-0.2, 0) is 11.3 Å². The Balaban J connectivity index is 0.00000176. The molecule has 0 bridgehead atoms. The fraction of sp³-hybridized carbons (Fsp3) is 0.278. The van der Waals surface area contributed by atoms with Crippen molar-refractivity contribution in [3.05, 3.63) is 59.7 Å². The zero-order chi connectivity index (χ0) is 14.7. The summed E-state index contributed by atoms with van der Waals surface area (Å²) in [7, 11) is 0. The van der Waals surface area contributed by atoms with Gasteiger partial charge in [0.1, 0.15) is 0 Å². The van der Waals surface area contributed by atoms with Crippen LogP contribution in [-0.4, -0.2) is 19.0 Å². The smallest absolute Gasteiger partial charge is 0.225 e. The average molecular weight is 317 g/mol. The summed E-state index contributed by atoms with van der Waals surface area (Å²) >= 11 is 0. The van der Waals surface area contributed by atoms with E-state index in [4.69, 9.17) is 0 Å². The third kappa shape index (κ3) is 3.87. The quantitative estimate of drug-likeness (QED) is 0.910. The van der Waals surface area contributed by atoms with E-state index >= 15 is 0 Å². The van der Waals surface area contributed by atoms with Crippen LogP contribution < -0.4 is 10.6 Å². The molecule has 2 aromatic rings. The number of benzene rings is 2. The number of hydrogen-bond acceptors (Lipinski definition) is 2. The van der Waals surface area contributed by atoms with Gasteiger partial charge in [0.05, 0.1) is 5.92 Å². The van der Waals surface area contributed by atoms with Gasteiger partial charge in [-0.05, 0) is 23.6 Å². The lowest BCUT2D eigenvalue weighted by Crippen LogP contribution is -2.50. The van der Waals surface area contributed by atoms with Gasteiger partial charge in [-0.3, -0.25) is 4.79 Å². The van der Waals surface area contributed by atoms with E-state index in [1.165, 1.54) is 16.7 Å². The molecule has 3 nitrogen and oxygen atoms in total. The molecular formula is C18H21ClN2O. The van der Waals surface area contributed by atoms with Crippen LogP contribution in [0.4, 0.5) is 0 Å². The number of amides is 1. The van der Waals surface area contributed by atoms with Crippen LogP contribution in [0.25, 0.3) is 11.1 Å². The van der Waals surface area contributed by atoms with Crippen LogP contribution in [0, 0.1) is 12.8 Å². The second kappa shape index (κ2) is 7.43. The first-order valence-electron chi connectivity index (χ1n) is 7.37. The number of halogens is 1. The van der Waals surface area contributed by atoms with E-state index < -0.39 is 0 Å². The average Bonchev–Trinajstić information content (AvgIpc) is 2.44. The van der Waals surface area contributed by atoms with Crippen LogP contribution in [0.3, 0.4) is 0 Å². The van der Waals surface area contributed by atoms with Crippen molar-refractivity contribution in [1.29, 1.82) is 0 Å². The summed E-state index contributed by atoms with van der Waals surface area (Å²) in [6.45, 7) is 4.31. The van der Waals surface area contributed by atoms with E-state index in [0.29, 0.717) is 6.54 Å². The second-order valence-electron chi connectivity index (χ2n) is 5.64. The Morgan fingerprint density at radius 1 is 1.14 bits per heavy atom. The minimum atomic E-state index is 0. The molecule has 0 radical (unpaired) electrons. The molecule has 116 valence electrons. The Hall–Kier alpha value is -1.84. The fourth-order valence-corrected chi connectivity index (χ4v) is 2.45. The fourth-order valence-electron chi connectivity index (χ4n) is 2.45. The van der Waals surface area contributed by atoms with Gasteiger partial charge in [0, 0.05) is 19.6 Å². The molecule has 4 heteroatoms. The maximum Gasteiger partial charge on any atom is 0.225 e. The van der Waals surface area contributed by atoms with Crippen molar-refractivity contribution in [3.8, 4) is 11.1 Å². The van der Waals surface area contributed by atoms with E-state index in [0.717, 1.165) is 18.7 Å². The van der Waals surface area contributed by atoms with Crippen LogP contribution in [0.1, 0.15) is 11.1 Å². The van der Waals surface area contributed by atoms with Crippen LogP contribution in [0.5, 0.6) is 0 Å². The Kier molecular flexibility index (Phi) is 5.58. The zero-order valence-corrected chi connectivity index (χ0v) is 13.5. The molecule has 0 atom stereocenters. The molecule has 2 N–H and O–H groups in total. The lowest BCUT2D eigenvalue weighted by Gasteiger charge is -2.25. The first kappa shape index (κ1) is 16.5. The Bertz CT molecular complexity index is 636. The van der Waals surface area contributed by atoms with Gasteiger partial charge in [-0.15, -0.1) is 12.4 Å². The van der Waals surface area contributed by atoms with E-state index in [9.17, 15) is 4.79 Å². The number of nitrogens with one attached hydrogen (secondary N) is 2. The highest BCUT2D eigenvalue weighted by Crippen LogP contribution is 2.20. The summed E-state index contributed by atoms with van der Waals surface area (Å²) in [5.41, 5.74) is 4.83. The molecule has 1 amide bonds.